The van der Waals surface area contributed by atoms with Crippen molar-refractivity contribution in [1.29, 1.82) is 0 Å². The van der Waals surface area contributed by atoms with Crippen LogP contribution in [0.5, 0.6) is 0 Å². The van der Waals surface area contributed by atoms with Gasteiger partial charge in [-0.3, -0.25) is 0 Å². The molecule has 0 radical (unpaired) electrons. The lowest BCUT2D eigenvalue weighted by molar-refractivity contribution is 0.619. The molecule has 1 aromatic carbocycles. The average molecular weight is 264 g/mol. The Bertz CT molecular complexity index is 705. The van der Waals surface area contributed by atoms with Crippen molar-refractivity contribution in [2.75, 3.05) is 0 Å². The van der Waals surface area contributed by atoms with Gasteiger partial charge in [-0.2, -0.15) is 0 Å². The van der Waals surface area contributed by atoms with E-state index in [1.807, 2.05) is 24.3 Å². The van der Waals surface area contributed by atoms with E-state index in [2.05, 4.69) is 23.9 Å². The van der Waals surface area contributed by atoms with Crippen molar-refractivity contribution < 1.29 is 4.42 Å². The Morgan fingerprint density at radius 1 is 1.12 bits per heavy atom. The molecule has 0 aliphatic heterocycles. The summed E-state index contributed by atoms with van der Waals surface area (Å²) in [5, 5.41) is 1.92. The van der Waals surface area contributed by atoms with E-state index < -0.39 is 8.24 Å². The molecule has 3 rings (SSSR count). The number of fused-ring (bicyclic) bond motifs is 3. The van der Waals surface area contributed by atoms with Crippen LogP contribution in [0, 0.1) is 0 Å². The predicted molar refractivity (Wildman–Crippen MR) is 75.5 cm³/mol. The van der Waals surface area contributed by atoms with Crippen molar-refractivity contribution in [2.24, 2.45) is 0 Å². The van der Waals surface area contributed by atoms with Crippen LogP contribution in [0.25, 0.3) is 22.0 Å². The van der Waals surface area contributed by atoms with Gasteiger partial charge in [0.15, 0.2) is 13.8 Å². The molecule has 0 saturated heterocycles. The number of aromatic nitrogens is 1. The monoisotopic (exact) mass is 263 g/mol. The van der Waals surface area contributed by atoms with E-state index >= 15 is 0 Å². The van der Waals surface area contributed by atoms with Crippen LogP contribution in [0.4, 0.5) is 0 Å². The fourth-order valence-corrected chi connectivity index (χ4v) is 4.39. The van der Waals surface area contributed by atoms with Gasteiger partial charge in [-0.05, 0) is 18.2 Å². The predicted octanol–water partition coefficient (Wildman–Crippen LogP) is 4.72. The van der Waals surface area contributed by atoms with Gasteiger partial charge < -0.3 is 8.65 Å². The Morgan fingerprint density at radius 2 is 1.88 bits per heavy atom. The maximum atomic E-state index is 6.11. The molecule has 0 aliphatic rings. The van der Waals surface area contributed by atoms with Crippen LogP contribution in [-0.2, 0) is 0 Å². The molecule has 2 nitrogen and oxygen atoms in total. The van der Waals surface area contributed by atoms with E-state index in [9.17, 15) is 0 Å². The number of hydrogen-bond donors (Lipinski definition) is 0. The molecule has 3 aromatic rings. The first-order valence-corrected chi connectivity index (χ1v) is 9.48. The zero-order valence-electron chi connectivity index (χ0n) is 10.1. The molecule has 0 bridgehead atoms. The van der Waals surface area contributed by atoms with Crippen LogP contribution >= 0.6 is 11.6 Å². The average Bonchev–Trinajstić information content (AvgIpc) is 2.73. The number of rotatable bonds is 1. The highest BCUT2D eigenvalue weighted by Gasteiger charge is 2.23. The van der Waals surface area contributed by atoms with Gasteiger partial charge in [0.05, 0.1) is 11.8 Å². The van der Waals surface area contributed by atoms with E-state index in [1.165, 1.54) is 11.0 Å². The van der Waals surface area contributed by atoms with Crippen LogP contribution in [-0.4, -0.2) is 12.5 Å². The summed E-state index contributed by atoms with van der Waals surface area (Å²) in [5.41, 5.74) is 3.34. The van der Waals surface area contributed by atoms with Crippen LogP contribution in [0.3, 0.4) is 0 Å². The number of hydrogen-bond acceptors (Lipinski definition) is 1. The van der Waals surface area contributed by atoms with E-state index in [-0.39, 0.29) is 0 Å². The normalized spacial score (nSPS) is 12.7. The number of nitrogens with zero attached hydrogens (tertiary/aromatic N) is 1. The summed E-state index contributed by atoms with van der Waals surface area (Å²) < 4.78 is 8.01. The molecule has 2 aromatic heterocycles. The highest BCUT2D eigenvalue weighted by molar-refractivity contribution is 6.76. The first kappa shape index (κ1) is 10.9. The van der Waals surface area contributed by atoms with E-state index in [0.717, 1.165) is 16.0 Å². The Kier molecular flexibility index (Phi) is 2.19. The summed E-state index contributed by atoms with van der Waals surface area (Å²) in [6, 6.07) is 8.03. The van der Waals surface area contributed by atoms with E-state index in [0.29, 0.717) is 0 Å². The molecule has 0 N–H and O–H groups in total. The smallest absolute Gasteiger partial charge is 0.158 e. The molecular formula is C13H14ClNOSi. The molecule has 0 unspecified atom stereocenters. The molecule has 4 heteroatoms. The summed E-state index contributed by atoms with van der Waals surface area (Å²) in [7, 11) is -1.50. The summed E-state index contributed by atoms with van der Waals surface area (Å²) in [5.74, 6) is 0. The zero-order valence-corrected chi connectivity index (χ0v) is 11.9. The minimum absolute atomic E-state index is 0.775. The summed E-state index contributed by atoms with van der Waals surface area (Å²) >= 11 is 6.11. The molecule has 0 saturated carbocycles. The summed E-state index contributed by atoms with van der Waals surface area (Å²) in [4.78, 5) is 0. The van der Waals surface area contributed by atoms with Gasteiger partial charge in [0.1, 0.15) is 0 Å². The highest BCUT2D eigenvalue weighted by atomic mass is 35.5. The first-order chi connectivity index (χ1) is 7.98. The fraction of sp³-hybridized carbons (Fsp3) is 0.231. The Morgan fingerprint density at radius 3 is 2.59 bits per heavy atom. The Hall–Kier alpha value is -1.19. The van der Waals surface area contributed by atoms with Crippen LogP contribution in [0.2, 0.25) is 24.7 Å². The lowest BCUT2D eigenvalue weighted by atomic mass is 10.2. The van der Waals surface area contributed by atoms with Gasteiger partial charge in [-0.15, -0.1) is 0 Å². The maximum Gasteiger partial charge on any atom is 0.158 e. The minimum Gasteiger partial charge on any atom is -0.462 e. The summed E-state index contributed by atoms with van der Waals surface area (Å²) in [6.07, 6.45) is 1.76. The van der Waals surface area contributed by atoms with Gasteiger partial charge >= 0.3 is 0 Å². The third kappa shape index (κ3) is 1.53. The minimum atomic E-state index is -1.50. The van der Waals surface area contributed by atoms with Gasteiger partial charge in [-0.25, -0.2) is 0 Å². The van der Waals surface area contributed by atoms with Crippen LogP contribution in [0.1, 0.15) is 0 Å². The Balaban J connectivity index is 2.56. The quantitative estimate of drug-likeness (QED) is 0.581. The van der Waals surface area contributed by atoms with Crippen molar-refractivity contribution in [3.05, 3.63) is 35.6 Å². The lowest BCUT2D eigenvalue weighted by Crippen LogP contribution is -2.31. The van der Waals surface area contributed by atoms with E-state index in [1.54, 1.807) is 6.26 Å². The zero-order chi connectivity index (χ0) is 12.2. The molecule has 0 aliphatic carbocycles. The molecule has 0 spiro atoms. The van der Waals surface area contributed by atoms with Crippen molar-refractivity contribution >= 4 is 41.8 Å². The third-order valence-corrected chi connectivity index (χ3v) is 5.06. The van der Waals surface area contributed by atoms with Gasteiger partial charge in [-0.1, -0.05) is 31.2 Å². The molecule has 0 fully saturated rings. The molecule has 2 heterocycles. The SMILES string of the molecule is C[Si](C)(C)n1c2cc(Cl)ccc2c2occc21. The molecular weight excluding hydrogens is 250 g/mol. The molecule has 88 valence electrons. The molecule has 17 heavy (non-hydrogen) atoms. The Labute approximate surface area is 106 Å². The topological polar surface area (TPSA) is 18.1 Å². The van der Waals surface area contributed by atoms with Gasteiger partial charge in [0.2, 0.25) is 0 Å². The van der Waals surface area contributed by atoms with Crippen molar-refractivity contribution in [3.63, 3.8) is 0 Å². The van der Waals surface area contributed by atoms with E-state index in [4.69, 9.17) is 16.0 Å². The van der Waals surface area contributed by atoms with Crippen molar-refractivity contribution in [1.82, 2.24) is 4.23 Å². The van der Waals surface area contributed by atoms with Crippen LogP contribution < -0.4 is 0 Å². The van der Waals surface area contributed by atoms with Crippen molar-refractivity contribution in [2.45, 2.75) is 19.6 Å². The lowest BCUT2D eigenvalue weighted by Gasteiger charge is -2.21. The number of furan rings is 1. The second-order valence-electron chi connectivity index (χ2n) is 5.30. The number of halogens is 1. The largest absolute Gasteiger partial charge is 0.462 e. The first-order valence-electron chi connectivity index (χ1n) is 5.66. The van der Waals surface area contributed by atoms with Gasteiger partial charge in [0, 0.05) is 22.0 Å². The molecule has 0 amide bonds. The highest BCUT2D eigenvalue weighted by Crippen LogP contribution is 2.33. The van der Waals surface area contributed by atoms with Crippen LogP contribution in [0.15, 0.2) is 34.9 Å². The maximum absolute atomic E-state index is 6.11. The standard InChI is InChI=1S/C13H14ClNOSi/c1-17(2,3)15-11-6-7-16-13(11)10-5-4-9(14)8-12(10)15/h4-8H,1-3H3. The molecule has 0 atom stereocenters. The fourth-order valence-electron chi connectivity index (χ4n) is 2.41. The summed E-state index contributed by atoms with van der Waals surface area (Å²) in [6.45, 7) is 6.96. The third-order valence-electron chi connectivity index (χ3n) is 3.00. The number of benzene rings is 1. The second kappa shape index (κ2) is 3.40. The van der Waals surface area contributed by atoms with Crippen molar-refractivity contribution in [3.8, 4) is 0 Å². The van der Waals surface area contributed by atoms with Gasteiger partial charge in [0.25, 0.3) is 0 Å². The second-order valence-corrected chi connectivity index (χ2v) is 10.5.